The molecule has 0 unspecified atom stereocenters. The highest BCUT2D eigenvalue weighted by Gasteiger charge is 2.20. The highest BCUT2D eigenvalue weighted by atomic mass is 16.5. The van der Waals surface area contributed by atoms with E-state index in [0.717, 1.165) is 25.0 Å². The van der Waals surface area contributed by atoms with E-state index in [-0.39, 0.29) is 18.1 Å². The fraction of sp³-hybridized carbons (Fsp3) is 0.385. The zero-order valence-corrected chi connectivity index (χ0v) is 10.7. The van der Waals surface area contributed by atoms with Crippen LogP contribution in [0.15, 0.2) is 12.1 Å². The summed E-state index contributed by atoms with van der Waals surface area (Å²) >= 11 is 0. The van der Waals surface area contributed by atoms with E-state index in [4.69, 9.17) is 9.84 Å². The molecule has 7 heteroatoms. The van der Waals surface area contributed by atoms with Crippen molar-refractivity contribution in [1.29, 1.82) is 0 Å². The Hall–Kier alpha value is -2.44. The van der Waals surface area contributed by atoms with E-state index in [1.807, 2.05) is 0 Å². The Morgan fingerprint density at radius 1 is 1.10 bits per heavy atom. The lowest BCUT2D eigenvalue weighted by Crippen LogP contribution is -2.32. The van der Waals surface area contributed by atoms with Gasteiger partial charge in [0.1, 0.15) is 0 Å². The van der Waals surface area contributed by atoms with Crippen LogP contribution >= 0.6 is 0 Å². The lowest BCUT2D eigenvalue weighted by atomic mass is 10.2. The van der Waals surface area contributed by atoms with Crippen LogP contribution in [0.1, 0.15) is 23.2 Å². The Kier molecular flexibility index (Phi) is 3.97. The molecule has 0 bridgehead atoms. The molecule has 1 saturated heterocycles. The third-order valence-electron chi connectivity index (χ3n) is 3.09. The first-order valence-electron chi connectivity index (χ1n) is 6.19. The van der Waals surface area contributed by atoms with Crippen LogP contribution in [-0.2, 0) is 9.53 Å². The average molecular weight is 281 g/mol. The third-order valence-corrected chi connectivity index (χ3v) is 3.09. The van der Waals surface area contributed by atoms with Gasteiger partial charge in [-0.3, -0.25) is 4.79 Å². The minimum absolute atomic E-state index is 0.146. The van der Waals surface area contributed by atoms with Crippen molar-refractivity contribution in [2.45, 2.75) is 12.8 Å². The van der Waals surface area contributed by atoms with E-state index in [2.05, 4.69) is 0 Å². The number of ether oxygens (including phenoxy) is 1. The molecular formula is C13H15NO6. The number of carbonyl (C=O) groups excluding carboxylic acids is 2. The van der Waals surface area contributed by atoms with E-state index in [1.165, 1.54) is 0 Å². The van der Waals surface area contributed by atoms with E-state index in [9.17, 15) is 19.8 Å². The van der Waals surface area contributed by atoms with Crippen molar-refractivity contribution in [3.8, 4) is 17.2 Å². The van der Waals surface area contributed by atoms with Crippen LogP contribution in [0.3, 0.4) is 0 Å². The molecule has 1 heterocycles. The molecule has 2 rings (SSSR count). The van der Waals surface area contributed by atoms with Gasteiger partial charge in [0, 0.05) is 13.1 Å². The molecule has 1 aliphatic rings. The molecule has 1 aromatic rings. The number of carbonyl (C=O) groups is 2. The van der Waals surface area contributed by atoms with Crippen molar-refractivity contribution >= 4 is 11.9 Å². The molecule has 0 atom stereocenters. The Morgan fingerprint density at radius 2 is 1.65 bits per heavy atom. The fourth-order valence-electron chi connectivity index (χ4n) is 1.99. The van der Waals surface area contributed by atoms with Crippen LogP contribution in [0, 0.1) is 0 Å². The first-order chi connectivity index (χ1) is 9.49. The van der Waals surface area contributed by atoms with Gasteiger partial charge in [-0.05, 0) is 25.0 Å². The molecule has 0 aromatic heterocycles. The summed E-state index contributed by atoms with van der Waals surface area (Å²) in [4.78, 5) is 25.0. The highest BCUT2D eigenvalue weighted by Crippen LogP contribution is 2.35. The van der Waals surface area contributed by atoms with Crippen LogP contribution in [0.25, 0.3) is 0 Å². The maximum absolute atomic E-state index is 11.7. The van der Waals surface area contributed by atoms with Gasteiger partial charge in [0.15, 0.2) is 23.9 Å². The second kappa shape index (κ2) is 5.68. The number of amides is 1. The van der Waals surface area contributed by atoms with Crippen LogP contribution in [0.2, 0.25) is 0 Å². The summed E-state index contributed by atoms with van der Waals surface area (Å²) in [6.45, 7) is 0.940. The lowest BCUT2D eigenvalue weighted by molar-refractivity contribution is -0.133. The minimum Gasteiger partial charge on any atom is -0.504 e. The second-order valence-corrected chi connectivity index (χ2v) is 4.53. The molecule has 1 amide bonds. The molecule has 7 nitrogen and oxygen atoms in total. The number of esters is 1. The van der Waals surface area contributed by atoms with E-state index in [1.54, 1.807) is 4.90 Å². The van der Waals surface area contributed by atoms with Gasteiger partial charge in [-0.1, -0.05) is 0 Å². The van der Waals surface area contributed by atoms with Gasteiger partial charge in [0.05, 0.1) is 5.56 Å². The van der Waals surface area contributed by atoms with Gasteiger partial charge in [-0.25, -0.2) is 4.79 Å². The fourth-order valence-corrected chi connectivity index (χ4v) is 1.99. The number of benzene rings is 1. The highest BCUT2D eigenvalue weighted by molar-refractivity contribution is 5.92. The Morgan fingerprint density at radius 3 is 2.20 bits per heavy atom. The zero-order chi connectivity index (χ0) is 14.7. The molecule has 1 fully saturated rings. The van der Waals surface area contributed by atoms with E-state index in [0.29, 0.717) is 13.1 Å². The number of hydrogen-bond acceptors (Lipinski definition) is 6. The summed E-state index contributed by atoms with van der Waals surface area (Å²) in [5.74, 6) is -3.12. The Labute approximate surface area is 115 Å². The largest absolute Gasteiger partial charge is 0.504 e. The SMILES string of the molecule is O=C(OCC(=O)N1CCCC1)c1cc(O)c(O)c(O)c1. The van der Waals surface area contributed by atoms with Gasteiger partial charge in [0.25, 0.3) is 5.91 Å². The van der Waals surface area contributed by atoms with E-state index >= 15 is 0 Å². The molecule has 3 N–H and O–H groups in total. The molecule has 108 valence electrons. The van der Waals surface area contributed by atoms with E-state index < -0.39 is 23.2 Å². The second-order valence-electron chi connectivity index (χ2n) is 4.53. The van der Waals surface area contributed by atoms with Gasteiger partial charge in [0.2, 0.25) is 0 Å². The van der Waals surface area contributed by atoms with Crippen molar-refractivity contribution in [2.24, 2.45) is 0 Å². The summed E-state index contributed by atoms with van der Waals surface area (Å²) in [5.41, 5.74) is -0.146. The monoisotopic (exact) mass is 281 g/mol. The molecule has 0 saturated carbocycles. The zero-order valence-electron chi connectivity index (χ0n) is 10.7. The summed E-state index contributed by atoms with van der Waals surface area (Å²) in [6, 6.07) is 1.91. The normalized spacial score (nSPS) is 14.3. The molecule has 1 aliphatic heterocycles. The van der Waals surface area contributed by atoms with Crippen molar-refractivity contribution in [2.75, 3.05) is 19.7 Å². The molecule has 0 radical (unpaired) electrons. The number of nitrogens with zero attached hydrogens (tertiary/aromatic N) is 1. The van der Waals surface area contributed by atoms with Crippen LogP contribution in [-0.4, -0.2) is 51.8 Å². The topological polar surface area (TPSA) is 107 Å². The van der Waals surface area contributed by atoms with Crippen molar-refractivity contribution in [1.82, 2.24) is 4.90 Å². The van der Waals surface area contributed by atoms with Crippen LogP contribution in [0.4, 0.5) is 0 Å². The van der Waals surface area contributed by atoms with Crippen molar-refractivity contribution < 1.29 is 29.6 Å². The Bertz CT molecular complexity index is 513. The molecule has 20 heavy (non-hydrogen) atoms. The Balaban J connectivity index is 1.96. The maximum Gasteiger partial charge on any atom is 0.338 e. The molecule has 1 aromatic carbocycles. The van der Waals surface area contributed by atoms with Crippen LogP contribution < -0.4 is 0 Å². The van der Waals surface area contributed by atoms with Gasteiger partial charge < -0.3 is 25.0 Å². The summed E-state index contributed by atoms with van der Waals surface area (Å²) in [6.07, 6.45) is 1.89. The summed E-state index contributed by atoms with van der Waals surface area (Å²) in [5, 5.41) is 27.7. The molecule has 0 spiro atoms. The summed E-state index contributed by atoms with van der Waals surface area (Å²) < 4.78 is 4.82. The number of phenols is 3. The summed E-state index contributed by atoms with van der Waals surface area (Å²) in [7, 11) is 0. The number of aromatic hydroxyl groups is 3. The number of rotatable bonds is 3. The van der Waals surface area contributed by atoms with Crippen molar-refractivity contribution in [3.63, 3.8) is 0 Å². The smallest absolute Gasteiger partial charge is 0.338 e. The average Bonchev–Trinajstić information content (AvgIpc) is 2.95. The lowest BCUT2D eigenvalue weighted by Gasteiger charge is -2.15. The number of likely N-dealkylation sites (tertiary alicyclic amines) is 1. The van der Waals surface area contributed by atoms with Crippen LogP contribution in [0.5, 0.6) is 17.2 Å². The maximum atomic E-state index is 11.7. The van der Waals surface area contributed by atoms with Gasteiger partial charge >= 0.3 is 5.97 Å². The molecular weight excluding hydrogens is 266 g/mol. The first kappa shape index (κ1) is 14.0. The minimum atomic E-state index is -0.858. The third kappa shape index (κ3) is 2.93. The van der Waals surface area contributed by atoms with Gasteiger partial charge in [-0.15, -0.1) is 0 Å². The standard InChI is InChI=1S/C13H15NO6/c15-9-5-8(6-10(16)12(9)18)13(19)20-7-11(17)14-3-1-2-4-14/h5-6,15-16,18H,1-4,7H2. The molecule has 0 aliphatic carbocycles. The quantitative estimate of drug-likeness (QED) is 0.552. The predicted molar refractivity (Wildman–Crippen MR) is 67.5 cm³/mol. The number of hydrogen-bond donors (Lipinski definition) is 3. The van der Waals surface area contributed by atoms with Crippen molar-refractivity contribution in [3.05, 3.63) is 17.7 Å². The predicted octanol–water partition coefficient (Wildman–Crippen LogP) is 0.583. The number of phenolic OH excluding ortho intramolecular Hbond substituents is 3. The first-order valence-corrected chi connectivity index (χ1v) is 6.19. The van der Waals surface area contributed by atoms with Gasteiger partial charge in [-0.2, -0.15) is 0 Å².